The number of fused-ring (bicyclic) bond motifs is 1. The minimum atomic E-state index is -0.772. The third kappa shape index (κ3) is 6.20. The Kier molecular flexibility index (Phi) is 7.59. The first-order valence-electron chi connectivity index (χ1n) is 12.1. The number of amides is 3. The van der Waals surface area contributed by atoms with E-state index >= 15 is 0 Å². The lowest BCUT2D eigenvalue weighted by Gasteiger charge is -2.28. The van der Waals surface area contributed by atoms with Gasteiger partial charge in [-0.15, -0.1) is 11.3 Å². The topological polar surface area (TPSA) is 101 Å². The second kappa shape index (κ2) is 10.7. The molecule has 1 aliphatic heterocycles. The normalized spacial score (nSPS) is 18.6. The van der Waals surface area contributed by atoms with Crippen LogP contribution in [0.4, 0.5) is 4.79 Å². The van der Waals surface area contributed by atoms with E-state index in [1.54, 1.807) is 45.2 Å². The smallest absolute Gasteiger partial charge is 0.410 e. The molecule has 0 radical (unpaired) electrons. The van der Waals surface area contributed by atoms with E-state index in [2.05, 4.69) is 15.6 Å². The van der Waals surface area contributed by atoms with Gasteiger partial charge in [0.15, 0.2) is 0 Å². The number of aromatic nitrogens is 1. The molecule has 2 aromatic heterocycles. The van der Waals surface area contributed by atoms with E-state index in [4.69, 9.17) is 4.74 Å². The van der Waals surface area contributed by atoms with Gasteiger partial charge >= 0.3 is 6.09 Å². The van der Waals surface area contributed by atoms with Crippen LogP contribution in [0.5, 0.6) is 0 Å². The number of likely N-dealkylation sites (tertiary alicyclic amines) is 1. The van der Waals surface area contributed by atoms with Gasteiger partial charge in [-0.25, -0.2) is 9.78 Å². The molecule has 3 atom stereocenters. The van der Waals surface area contributed by atoms with Crippen molar-refractivity contribution in [3.05, 3.63) is 65.2 Å². The maximum Gasteiger partial charge on any atom is 0.410 e. The van der Waals surface area contributed by atoms with Crippen molar-refractivity contribution >= 4 is 39.5 Å². The van der Waals surface area contributed by atoms with Gasteiger partial charge in [0.25, 0.3) is 0 Å². The molecular weight excluding hydrogens is 476 g/mol. The fraction of sp³-hybridized carbons (Fsp3) is 0.407. The van der Waals surface area contributed by atoms with E-state index in [9.17, 15) is 14.4 Å². The highest BCUT2D eigenvalue weighted by Crippen LogP contribution is 2.33. The first kappa shape index (κ1) is 25.6. The molecule has 3 heterocycles. The van der Waals surface area contributed by atoms with Crippen molar-refractivity contribution in [3.8, 4) is 0 Å². The van der Waals surface area contributed by atoms with E-state index in [1.165, 1.54) is 4.90 Å². The van der Waals surface area contributed by atoms with Gasteiger partial charge < -0.3 is 15.4 Å². The highest BCUT2D eigenvalue weighted by molar-refractivity contribution is 7.16. The summed E-state index contributed by atoms with van der Waals surface area (Å²) >= 11 is 1.56. The van der Waals surface area contributed by atoms with Gasteiger partial charge in [0.05, 0.1) is 0 Å². The molecule has 1 saturated heterocycles. The van der Waals surface area contributed by atoms with Crippen molar-refractivity contribution in [1.29, 1.82) is 0 Å². The summed E-state index contributed by atoms with van der Waals surface area (Å²) in [6.07, 6.45) is 1.66. The van der Waals surface area contributed by atoms with Gasteiger partial charge in [0.1, 0.15) is 22.5 Å². The molecule has 190 valence electrons. The number of nitrogens with one attached hydrogen (secondary N) is 2. The standard InChI is InChI=1S/C27H32N4O4S/c1-17(23(32)28-14-18-12-20-10-11-36-25(20)29-15-18)30-24(33)22-13-21(19-8-6-5-7-9-19)16-31(22)26(34)35-27(2,3)4/h5-12,15,17,21-22H,13-14,16H2,1-4H3,(H,28,32)(H,30,33)/t17-,21-,22+/m0/s1. The highest BCUT2D eigenvalue weighted by atomic mass is 32.1. The Morgan fingerprint density at radius 1 is 1.19 bits per heavy atom. The molecule has 1 aromatic carbocycles. The number of benzene rings is 1. The molecule has 3 amide bonds. The summed E-state index contributed by atoms with van der Waals surface area (Å²) in [5.41, 5.74) is 1.26. The maximum atomic E-state index is 13.3. The molecule has 8 nitrogen and oxygen atoms in total. The summed E-state index contributed by atoms with van der Waals surface area (Å²) in [4.78, 5) is 45.7. The number of ether oxygens (including phenoxy) is 1. The lowest BCUT2D eigenvalue weighted by Crippen LogP contribution is -2.52. The van der Waals surface area contributed by atoms with Gasteiger partial charge in [0.2, 0.25) is 11.8 Å². The molecule has 0 unspecified atom stereocenters. The molecule has 3 aromatic rings. The van der Waals surface area contributed by atoms with Gasteiger partial charge in [-0.3, -0.25) is 14.5 Å². The second-order valence-electron chi connectivity index (χ2n) is 10.1. The molecule has 9 heteroatoms. The summed E-state index contributed by atoms with van der Waals surface area (Å²) < 4.78 is 5.57. The SMILES string of the molecule is C[C@H](NC(=O)[C@H]1C[C@H](c2ccccc2)CN1C(=O)OC(C)(C)C)C(=O)NCc1cnc2sccc2c1. The van der Waals surface area contributed by atoms with Crippen LogP contribution in [-0.4, -0.2) is 52.0 Å². The summed E-state index contributed by atoms with van der Waals surface area (Å²) in [5.74, 6) is -0.684. The van der Waals surface area contributed by atoms with E-state index in [1.807, 2.05) is 47.8 Å². The Balaban J connectivity index is 1.39. The number of nitrogens with zero attached hydrogens (tertiary/aromatic N) is 2. The maximum absolute atomic E-state index is 13.3. The predicted molar refractivity (Wildman–Crippen MR) is 140 cm³/mol. The van der Waals surface area contributed by atoms with Crippen molar-refractivity contribution < 1.29 is 19.1 Å². The zero-order chi connectivity index (χ0) is 25.9. The van der Waals surface area contributed by atoms with Crippen molar-refractivity contribution in [2.24, 2.45) is 0 Å². The first-order valence-corrected chi connectivity index (χ1v) is 12.9. The lowest BCUT2D eigenvalue weighted by atomic mass is 9.96. The molecular formula is C27H32N4O4S. The van der Waals surface area contributed by atoms with Crippen LogP contribution in [0.2, 0.25) is 0 Å². The van der Waals surface area contributed by atoms with Crippen LogP contribution in [0.3, 0.4) is 0 Å². The number of rotatable bonds is 6. The monoisotopic (exact) mass is 508 g/mol. The molecule has 0 aliphatic carbocycles. The van der Waals surface area contributed by atoms with Crippen molar-refractivity contribution in [1.82, 2.24) is 20.5 Å². The number of hydrogen-bond acceptors (Lipinski definition) is 6. The number of thiophene rings is 1. The minimum absolute atomic E-state index is 0.00174. The van der Waals surface area contributed by atoms with Gasteiger partial charge in [-0.05, 0) is 62.8 Å². The molecule has 1 aliphatic rings. The van der Waals surface area contributed by atoms with Crippen LogP contribution >= 0.6 is 11.3 Å². The zero-order valence-corrected chi connectivity index (χ0v) is 21.8. The number of carbonyl (C=O) groups excluding carboxylic acids is 3. The Bertz CT molecular complexity index is 1240. The molecule has 0 spiro atoms. The third-order valence-corrected chi connectivity index (χ3v) is 6.92. The quantitative estimate of drug-likeness (QED) is 0.520. The van der Waals surface area contributed by atoms with Crippen molar-refractivity contribution in [3.63, 3.8) is 0 Å². The average molecular weight is 509 g/mol. The van der Waals surface area contributed by atoms with Crippen molar-refractivity contribution in [2.45, 2.75) is 64.3 Å². The summed E-state index contributed by atoms with van der Waals surface area (Å²) in [6, 6.07) is 12.3. The molecule has 1 fully saturated rings. The average Bonchev–Trinajstić information content (AvgIpc) is 3.49. The Morgan fingerprint density at radius 3 is 2.67 bits per heavy atom. The minimum Gasteiger partial charge on any atom is -0.444 e. The van der Waals surface area contributed by atoms with Crippen LogP contribution < -0.4 is 10.6 Å². The van der Waals surface area contributed by atoms with E-state index in [0.717, 1.165) is 21.3 Å². The van der Waals surface area contributed by atoms with E-state index in [0.29, 0.717) is 19.5 Å². The summed E-state index contributed by atoms with van der Waals surface area (Å²) in [7, 11) is 0. The summed E-state index contributed by atoms with van der Waals surface area (Å²) in [6.45, 7) is 7.69. The fourth-order valence-electron chi connectivity index (χ4n) is 4.29. The predicted octanol–water partition coefficient (Wildman–Crippen LogP) is 4.21. The molecule has 36 heavy (non-hydrogen) atoms. The van der Waals surface area contributed by atoms with Gasteiger partial charge in [-0.2, -0.15) is 0 Å². The molecule has 2 N–H and O–H groups in total. The second-order valence-corrected chi connectivity index (χ2v) is 11.0. The Hall–Kier alpha value is -3.46. The fourth-order valence-corrected chi connectivity index (χ4v) is 5.01. The van der Waals surface area contributed by atoms with Crippen LogP contribution in [0.1, 0.15) is 51.2 Å². The Labute approximate surface area is 215 Å². The van der Waals surface area contributed by atoms with E-state index in [-0.39, 0.29) is 17.7 Å². The van der Waals surface area contributed by atoms with Gasteiger partial charge in [-0.1, -0.05) is 30.3 Å². The lowest BCUT2D eigenvalue weighted by molar-refractivity contribution is -0.131. The highest BCUT2D eigenvalue weighted by Gasteiger charge is 2.42. The Morgan fingerprint density at radius 2 is 1.94 bits per heavy atom. The third-order valence-electron chi connectivity index (χ3n) is 6.08. The summed E-state index contributed by atoms with van der Waals surface area (Å²) in [5, 5.41) is 8.65. The number of carbonyl (C=O) groups is 3. The van der Waals surface area contributed by atoms with Crippen molar-refractivity contribution in [2.75, 3.05) is 6.54 Å². The molecule has 0 saturated carbocycles. The zero-order valence-electron chi connectivity index (χ0n) is 21.0. The number of pyridine rings is 1. The number of hydrogen-bond donors (Lipinski definition) is 2. The largest absolute Gasteiger partial charge is 0.444 e. The van der Waals surface area contributed by atoms with Crippen LogP contribution in [0.15, 0.2) is 54.0 Å². The van der Waals surface area contributed by atoms with Crippen LogP contribution in [-0.2, 0) is 20.9 Å². The molecule has 0 bridgehead atoms. The molecule has 4 rings (SSSR count). The van der Waals surface area contributed by atoms with Gasteiger partial charge in [0, 0.05) is 30.6 Å². The van der Waals surface area contributed by atoms with Crippen LogP contribution in [0.25, 0.3) is 10.2 Å². The first-order chi connectivity index (χ1) is 17.1. The van der Waals surface area contributed by atoms with Crippen LogP contribution in [0, 0.1) is 0 Å². The van der Waals surface area contributed by atoms with E-state index < -0.39 is 23.8 Å².